The van der Waals surface area contributed by atoms with E-state index in [4.69, 9.17) is 16.3 Å². The molecule has 0 bridgehead atoms. The summed E-state index contributed by atoms with van der Waals surface area (Å²) in [4.78, 5) is 26.8. The van der Waals surface area contributed by atoms with Gasteiger partial charge in [-0.3, -0.25) is 9.78 Å². The number of ether oxygens (including phenoxy) is 1. The first-order valence-corrected chi connectivity index (χ1v) is 11.4. The SMILES string of the molecule is COc1cc(CC(=O)NC(C)(C)C)ccc1S(=O)(=O)n1nc(-c2ccc(Cl)cc2)[nH]c1=O. The van der Waals surface area contributed by atoms with Crippen molar-refractivity contribution in [2.24, 2.45) is 0 Å². The summed E-state index contributed by atoms with van der Waals surface area (Å²) in [6.07, 6.45) is 0.0387. The fourth-order valence-corrected chi connectivity index (χ4v) is 4.39. The molecule has 1 amide bonds. The van der Waals surface area contributed by atoms with Gasteiger partial charge in [-0.15, -0.1) is 5.10 Å². The number of aromatic nitrogens is 3. The van der Waals surface area contributed by atoms with Crippen molar-refractivity contribution >= 4 is 27.5 Å². The van der Waals surface area contributed by atoms with Crippen LogP contribution in [0.3, 0.4) is 0 Å². The number of nitrogens with zero attached hydrogens (tertiary/aromatic N) is 2. The molecular formula is C21H23ClN4O5S. The number of H-pyrrole nitrogens is 1. The van der Waals surface area contributed by atoms with Gasteiger partial charge in [0.1, 0.15) is 10.6 Å². The Labute approximate surface area is 190 Å². The van der Waals surface area contributed by atoms with Crippen LogP contribution in [0.4, 0.5) is 0 Å². The van der Waals surface area contributed by atoms with Crippen molar-refractivity contribution in [3.05, 3.63) is 63.5 Å². The van der Waals surface area contributed by atoms with Gasteiger partial charge >= 0.3 is 5.69 Å². The fraction of sp³-hybridized carbons (Fsp3) is 0.286. The first-order chi connectivity index (χ1) is 14.9. The van der Waals surface area contributed by atoms with Crippen LogP contribution in [-0.2, 0) is 21.2 Å². The van der Waals surface area contributed by atoms with E-state index in [2.05, 4.69) is 15.4 Å². The predicted molar refractivity (Wildman–Crippen MR) is 120 cm³/mol. The highest BCUT2D eigenvalue weighted by Crippen LogP contribution is 2.27. The Morgan fingerprint density at radius 3 is 2.44 bits per heavy atom. The average Bonchev–Trinajstić information content (AvgIpc) is 3.09. The van der Waals surface area contributed by atoms with Crippen LogP contribution >= 0.6 is 11.6 Å². The Morgan fingerprint density at radius 1 is 1.19 bits per heavy atom. The van der Waals surface area contributed by atoms with Gasteiger partial charge in [0.05, 0.1) is 13.5 Å². The number of hydrogen-bond donors (Lipinski definition) is 2. The van der Waals surface area contributed by atoms with E-state index >= 15 is 0 Å². The molecule has 0 saturated heterocycles. The van der Waals surface area contributed by atoms with Crippen molar-refractivity contribution < 1.29 is 17.9 Å². The van der Waals surface area contributed by atoms with Crippen molar-refractivity contribution in [3.8, 4) is 17.1 Å². The lowest BCUT2D eigenvalue weighted by Crippen LogP contribution is -2.41. The molecule has 0 atom stereocenters. The molecule has 170 valence electrons. The van der Waals surface area contributed by atoms with Gasteiger partial charge in [-0.25, -0.2) is 4.79 Å². The number of carbonyl (C=O) groups excluding carboxylic acids is 1. The zero-order chi connectivity index (χ0) is 23.7. The van der Waals surface area contributed by atoms with Crippen molar-refractivity contribution in [2.45, 2.75) is 37.6 Å². The maximum atomic E-state index is 13.2. The molecule has 32 heavy (non-hydrogen) atoms. The van der Waals surface area contributed by atoms with Crippen LogP contribution in [0, 0.1) is 0 Å². The summed E-state index contributed by atoms with van der Waals surface area (Å²) in [7, 11) is -3.07. The molecule has 0 aliphatic carbocycles. The standard InChI is InChI=1S/C21H23ClN4O5S/c1-21(2,3)24-18(27)12-13-5-10-17(16(11-13)31-4)32(29,30)26-20(28)23-19(25-26)14-6-8-15(22)9-7-14/h5-11H,12H2,1-4H3,(H,24,27)(H,23,25,28). The second-order valence-electron chi connectivity index (χ2n) is 8.09. The Balaban J connectivity index is 1.96. The summed E-state index contributed by atoms with van der Waals surface area (Å²) in [5, 5.41) is 7.27. The van der Waals surface area contributed by atoms with Gasteiger partial charge < -0.3 is 10.1 Å². The highest BCUT2D eigenvalue weighted by molar-refractivity contribution is 7.90. The van der Waals surface area contributed by atoms with Crippen molar-refractivity contribution in [2.75, 3.05) is 7.11 Å². The first-order valence-electron chi connectivity index (χ1n) is 9.59. The molecule has 1 heterocycles. The van der Waals surface area contributed by atoms with E-state index in [0.717, 1.165) is 0 Å². The maximum absolute atomic E-state index is 13.2. The quantitative estimate of drug-likeness (QED) is 0.561. The van der Waals surface area contributed by atoms with Crippen LogP contribution in [0.5, 0.6) is 5.75 Å². The van der Waals surface area contributed by atoms with Gasteiger partial charge in [-0.1, -0.05) is 21.8 Å². The van der Waals surface area contributed by atoms with Crippen LogP contribution in [0.25, 0.3) is 11.4 Å². The summed E-state index contributed by atoms with van der Waals surface area (Å²) in [6.45, 7) is 5.59. The number of hydrogen-bond acceptors (Lipinski definition) is 6. The van der Waals surface area contributed by atoms with Crippen molar-refractivity contribution in [3.63, 3.8) is 0 Å². The minimum atomic E-state index is -4.37. The molecule has 0 aliphatic heterocycles. The summed E-state index contributed by atoms with van der Waals surface area (Å²) in [5.41, 5.74) is -0.273. The zero-order valence-electron chi connectivity index (χ0n) is 18.0. The monoisotopic (exact) mass is 478 g/mol. The van der Waals surface area contributed by atoms with E-state index in [1.54, 1.807) is 24.3 Å². The molecule has 2 aromatic carbocycles. The van der Waals surface area contributed by atoms with E-state index < -0.39 is 21.3 Å². The number of halogens is 1. The molecule has 0 fully saturated rings. The van der Waals surface area contributed by atoms with Crippen LogP contribution in [0.2, 0.25) is 5.02 Å². The maximum Gasteiger partial charge on any atom is 0.358 e. The number of benzene rings is 2. The zero-order valence-corrected chi connectivity index (χ0v) is 19.5. The topological polar surface area (TPSA) is 123 Å². The number of amides is 1. The summed E-state index contributed by atoms with van der Waals surface area (Å²) in [5.74, 6) is -0.148. The molecule has 0 radical (unpaired) electrons. The largest absolute Gasteiger partial charge is 0.495 e. The van der Waals surface area contributed by atoms with E-state index in [0.29, 0.717) is 20.2 Å². The van der Waals surface area contributed by atoms with Crippen LogP contribution in [-0.4, -0.2) is 41.1 Å². The Morgan fingerprint density at radius 2 is 1.84 bits per heavy atom. The summed E-state index contributed by atoms with van der Waals surface area (Å²) in [6, 6.07) is 10.6. The van der Waals surface area contributed by atoms with E-state index in [-0.39, 0.29) is 28.8 Å². The molecule has 0 unspecified atom stereocenters. The predicted octanol–water partition coefficient (Wildman–Crippen LogP) is 2.59. The Bertz CT molecular complexity index is 1310. The van der Waals surface area contributed by atoms with E-state index in [1.165, 1.54) is 25.3 Å². The molecule has 1 aromatic heterocycles. The average molecular weight is 479 g/mol. The van der Waals surface area contributed by atoms with Crippen LogP contribution in [0.15, 0.2) is 52.2 Å². The Kier molecular flexibility index (Phi) is 6.47. The molecule has 11 heteroatoms. The summed E-state index contributed by atoms with van der Waals surface area (Å²) < 4.78 is 31.9. The third-order valence-corrected chi connectivity index (χ3v) is 6.17. The summed E-state index contributed by atoms with van der Waals surface area (Å²) >= 11 is 5.86. The first kappa shape index (κ1) is 23.6. The number of aromatic amines is 1. The fourth-order valence-electron chi connectivity index (χ4n) is 2.99. The second kappa shape index (κ2) is 8.79. The molecule has 9 nitrogen and oxygen atoms in total. The molecular weight excluding hydrogens is 456 g/mol. The number of rotatable bonds is 6. The van der Waals surface area contributed by atoms with Gasteiger partial charge in [0.25, 0.3) is 10.0 Å². The van der Waals surface area contributed by atoms with Crippen molar-refractivity contribution in [1.29, 1.82) is 0 Å². The van der Waals surface area contributed by atoms with Crippen LogP contribution < -0.4 is 15.7 Å². The van der Waals surface area contributed by atoms with Crippen LogP contribution in [0.1, 0.15) is 26.3 Å². The van der Waals surface area contributed by atoms with E-state index in [1.807, 2.05) is 20.8 Å². The molecule has 0 aliphatic rings. The molecule has 3 aromatic rings. The number of methoxy groups -OCH3 is 1. The highest BCUT2D eigenvalue weighted by atomic mass is 35.5. The molecule has 0 spiro atoms. The minimum absolute atomic E-state index is 0.00555. The van der Waals surface area contributed by atoms with Gasteiger partial charge in [0.2, 0.25) is 5.91 Å². The van der Waals surface area contributed by atoms with Crippen molar-refractivity contribution in [1.82, 2.24) is 19.5 Å². The normalized spacial score (nSPS) is 11.9. The lowest BCUT2D eigenvalue weighted by Gasteiger charge is -2.20. The third kappa shape index (κ3) is 5.20. The highest BCUT2D eigenvalue weighted by Gasteiger charge is 2.27. The lowest BCUT2D eigenvalue weighted by atomic mass is 10.1. The Hall–Kier alpha value is -3.11. The van der Waals surface area contributed by atoms with E-state index in [9.17, 15) is 18.0 Å². The minimum Gasteiger partial charge on any atom is -0.495 e. The molecule has 2 N–H and O–H groups in total. The van der Waals surface area contributed by atoms with Gasteiger partial charge in [0.15, 0.2) is 5.82 Å². The molecule has 0 saturated carbocycles. The number of carbonyl (C=O) groups is 1. The third-order valence-electron chi connectivity index (χ3n) is 4.32. The molecule has 3 rings (SSSR count). The van der Waals surface area contributed by atoms with Gasteiger partial charge in [-0.05, 0) is 62.7 Å². The smallest absolute Gasteiger partial charge is 0.358 e. The van der Waals surface area contributed by atoms with Gasteiger partial charge in [-0.2, -0.15) is 8.42 Å². The van der Waals surface area contributed by atoms with Gasteiger partial charge in [0, 0.05) is 16.1 Å². The number of nitrogens with one attached hydrogen (secondary N) is 2. The second-order valence-corrected chi connectivity index (χ2v) is 10.3. The lowest BCUT2D eigenvalue weighted by molar-refractivity contribution is -0.121.